The summed E-state index contributed by atoms with van der Waals surface area (Å²) in [6.07, 6.45) is 9.61. The second-order valence-corrected chi connectivity index (χ2v) is 15.6. The fraction of sp³-hybridized carbons (Fsp3) is 0.476. The molecule has 13 nitrogen and oxygen atoms in total. The quantitative estimate of drug-likeness (QED) is 0.0865. The molecule has 55 heavy (non-hydrogen) atoms. The van der Waals surface area contributed by atoms with Crippen LogP contribution in [-0.4, -0.2) is 80.2 Å². The Labute approximate surface area is 322 Å². The van der Waals surface area contributed by atoms with Gasteiger partial charge in [-0.3, -0.25) is 24.5 Å². The van der Waals surface area contributed by atoms with Gasteiger partial charge in [0.25, 0.3) is 5.91 Å². The molecule has 5 heterocycles. The van der Waals surface area contributed by atoms with Crippen molar-refractivity contribution in [3.05, 3.63) is 82.5 Å². The zero-order chi connectivity index (χ0) is 38.5. The number of amides is 4. The fourth-order valence-electron chi connectivity index (χ4n) is 7.91. The maximum atomic E-state index is 13.1. The van der Waals surface area contributed by atoms with Gasteiger partial charge >= 0.3 is 0 Å². The molecule has 3 aliphatic heterocycles. The van der Waals surface area contributed by atoms with Crippen LogP contribution >= 0.6 is 0 Å². The average molecular weight is 748 g/mol. The van der Waals surface area contributed by atoms with Gasteiger partial charge in [-0.25, -0.2) is 4.98 Å². The number of carbonyl (C=O) groups excluding carboxylic acids is 4. The van der Waals surface area contributed by atoms with Crippen LogP contribution in [-0.2, 0) is 33.9 Å². The highest BCUT2D eigenvalue weighted by molar-refractivity contribution is 6.05. The molecule has 4 aromatic rings. The third-order valence-corrected chi connectivity index (χ3v) is 11.2. The van der Waals surface area contributed by atoms with E-state index >= 15 is 0 Å². The van der Waals surface area contributed by atoms with E-state index in [-0.39, 0.29) is 24.1 Å². The Balaban J connectivity index is 0.849. The predicted octanol–water partition coefficient (Wildman–Crippen LogP) is 5.86. The standard InChI is InChI=1S/C42H53N9O4/c1-27(2)33-25-44-51-37(23-36(47-40(33)51)45-31-19-21-49(3)22-20-31)43-24-28-13-15-30(16-14-28)46-38(52)12-7-5-4-6-9-29-10-8-11-32-34(29)26-50(42(32)55)35-17-18-39(53)48-41(35)54/h8,10-11,13-16,23,25,27,31,35,43H,4-7,9,12,17-22,24,26H2,1-3H3,(H,45,47)(H,46,52)(H,48,53,54). The molecule has 1 atom stereocenters. The highest BCUT2D eigenvalue weighted by Crippen LogP contribution is 2.31. The lowest BCUT2D eigenvalue weighted by Crippen LogP contribution is -2.52. The summed E-state index contributed by atoms with van der Waals surface area (Å²) in [5.74, 6) is 1.22. The third-order valence-electron chi connectivity index (χ3n) is 11.2. The minimum atomic E-state index is -0.609. The van der Waals surface area contributed by atoms with Crippen molar-refractivity contribution < 1.29 is 19.2 Å². The molecule has 290 valence electrons. The molecule has 13 heteroatoms. The molecule has 0 aliphatic carbocycles. The van der Waals surface area contributed by atoms with Crippen molar-refractivity contribution in [2.24, 2.45) is 0 Å². The number of imide groups is 1. The topological polar surface area (TPSA) is 153 Å². The lowest BCUT2D eigenvalue weighted by atomic mass is 9.98. The predicted molar refractivity (Wildman–Crippen MR) is 213 cm³/mol. The molecule has 0 spiro atoms. The summed E-state index contributed by atoms with van der Waals surface area (Å²) in [5, 5.41) is 17.3. The van der Waals surface area contributed by atoms with E-state index in [0.717, 1.165) is 103 Å². The minimum Gasteiger partial charge on any atom is -0.367 e. The van der Waals surface area contributed by atoms with Crippen LogP contribution in [0.4, 0.5) is 17.3 Å². The number of benzene rings is 2. The van der Waals surface area contributed by atoms with Gasteiger partial charge in [0.05, 0.1) is 6.20 Å². The SMILES string of the molecule is CC(C)c1cnn2c(NCc3ccc(NC(=O)CCCCCCc4cccc5c4CN(C4CCC(=O)NC4=O)C5=O)cc3)cc(NC3CCN(C)CC3)nc12. The van der Waals surface area contributed by atoms with Crippen LogP contribution in [0.1, 0.15) is 110 Å². The Bertz CT molecular complexity index is 2030. The van der Waals surface area contributed by atoms with E-state index in [2.05, 4.69) is 58.2 Å². The molecular formula is C42H53N9O4. The Morgan fingerprint density at radius 3 is 2.53 bits per heavy atom. The number of rotatable bonds is 15. The summed E-state index contributed by atoms with van der Waals surface area (Å²) in [4.78, 5) is 58.8. The average Bonchev–Trinajstić information content (AvgIpc) is 3.75. The van der Waals surface area contributed by atoms with E-state index in [1.807, 2.05) is 53.2 Å². The van der Waals surface area contributed by atoms with E-state index in [1.165, 1.54) is 0 Å². The lowest BCUT2D eigenvalue weighted by molar-refractivity contribution is -0.137. The highest BCUT2D eigenvalue weighted by atomic mass is 16.2. The molecular weight excluding hydrogens is 695 g/mol. The van der Waals surface area contributed by atoms with Gasteiger partial charge in [0.1, 0.15) is 17.7 Å². The number of carbonyl (C=O) groups is 4. The summed E-state index contributed by atoms with van der Waals surface area (Å²) in [6.45, 7) is 7.46. The number of nitrogens with zero attached hydrogens (tertiary/aromatic N) is 5. The maximum absolute atomic E-state index is 13.1. The van der Waals surface area contributed by atoms with Crippen LogP contribution in [0.2, 0.25) is 0 Å². The van der Waals surface area contributed by atoms with Crippen molar-refractivity contribution in [1.82, 2.24) is 29.7 Å². The van der Waals surface area contributed by atoms with Gasteiger partial charge in [-0.2, -0.15) is 9.61 Å². The first kappa shape index (κ1) is 38.0. The molecule has 3 aliphatic rings. The second-order valence-electron chi connectivity index (χ2n) is 15.6. The third kappa shape index (κ3) is 8.99. The number of hydrogen-bond acceptors (Lipinski definition) is 9. The molecule has 1 unspecified atom stereocenters. The van der Waals surface area contributed by atoms with Crippen molar-refractivity contribution in [1.29, 1.82) is 0 Å². The molecule has 0 bridgehead atoms. The van der Waals surface area contributed by atoms with Gasteiger partial charge in [-0.15, -0.1) is 0 Å². The van der Waals surface area contributed by atoms with E-state index < -0.39 is 11.9 Å². The van der Waals surface area contributed by atoms with Gasteiger partial charge in [-0.05, 0) is 99.5 Å². The summed E-state index contributed by atoms with van der Waals surface area (Å²) in [5.41, 5.74) is 6.60. The number of fused-ring (bicyclic) bond motifs is 2. The van der Waals surface area contributed by atoms with Gasteiger partial charge in [0.15, 0.2) is 5.65 Å². The molecule has 4 amide bonds. The number of likely N-dealkylation sites (tertiary alicyclic amines) is 1. The minimum absolute atomic E-state index is 0.00210. The molecule has 0 saturated carbocycles. The van der Waals surface area contributed by atoms with Gasteiger partial charge in [-0.1, -0.05) is 51.0 Å². The van der Waals surface area contributed by atoms with Crippen molar-refractivity contribution in [3.8, 4) is 0 Å². The summed E-state index contributed by atoms with van der Waals surface area (Å²) in [7, 11) is 2.17. The highest BCUT2D eigenvalue weighted by Gasteiger charge is 2.39. The van der Waals surface area contributed by atoms with Crippen LogP contribution in [0.25, 0.3) is 5.65 Å². The smallest absolute Gasteiger partial charge is 0.255 e. The molecule has 2 saturated heterocycles. The van der Waals surface area contributed by atoms with Gasteiger partial charge in [0.2, 0.25) is 17.7 Å². The van der Waals surface area contributed by atoms with Crippen molar-refractivity contribution in [2.75, 3.05) is 36.1 Å². The molecule has 2 fully saturated rings. The molecule has 2 aromatic heterocycles. The van der Waals surface area contributed by atoms with Crippen molar-refractivity contribution in [2.45, 2.75) is 109 Å². The first-order valence-corrected chi connectivity index (χ1v) is 19.8. The number of hydrogen-bond donors (Lipinski definition) is 4. The monoisotopic (exact) mass is 747 g/mol. The first-order chi connectivity index (χ1) is 26.6. The fourth-order valence-corrected chi connectivity index (χ4v) is 7.91. The van der Waals surface area contributed by atoms with E-state index in [0.29, 0.717) is 43.5 Å². The van der Waals surface area contributed by atoms with Crippen molar-refractivity contribution >= 4 is 46.6 Å². The zero-order valence-corrected chi connectivity index (χ0v) is 32.2. The van der Waals surface area contributed by atoms with E-state index in [4.69, 9.17) is 4.98 Å². The van der Waals surface area contributed by atoms with E-state index in [9.17, 15) is 19.2 Å². The number of piperidine rings is 2. The maximum Gasteiger partial charge on any atom is 0.255 e. The summed E-state index contributed by atoms with van der Waals surface area (Å²) in [6, 6.07) is 15.6. The molecule has 2 aromatic carbocycles. The Hall–Kier alpha value is -5.30. The number of aromatic nitrogens is 3. The van der Waals surface area contributed by atoms with Crippen LogP contribution in [0, 0.1) is 0 Å². The molecule has 4 N–H and O–H groups in total. The Morgan fingerprint density at radius 1 is 0.982 bits per heavy atom. The number of nitrogens with one attached hydrogen (secondary N) is 4. The summed E-state index contributed by atoms with van der Waals surface area (Å²) < 4.78 is 1.89. The Morgan fingerprint density at radius 2 is 1.76 bits per heavy atom. The number of anilines is 3. The van der Waals surface area contributed by atoms with E-state index in [1.54, 1.807) is 4.90 Å². The van der Waals surface area contributed by atoms with Crippen LogP contribution in [0.5, 0.6) is 0 Å². The van der Waals surface area contributed by atoms with Crippen molar-refractivity contribution in [3.63, 3.8) is 0 Å². The largest absolute Gasteiger partial charge is 0.367 e. The zero-order valence-electron chi connectivity index (χ0n) is 32.2. The lowest BCUT2D eigenvalue weighted by Gasteiger charge is -2.30. The first-order valence-electron chi connectivity index (χ1n) is 19.8. The van der Waals surface area contributed by atoms with Crippen LogP contribution in [0.15, 0.2) is 54.7 Å². The van der Waals surface area contributed by atoms with Gasteiger partial charge in [0, 0.05) is 54.9 Å². The number of aryl methyl sites for hydroxylation is 1. The van der Waals surface area contributed by atoms with Crippen LogP contribution in [0.3, 0.4) is 0 Å². The molecule has 7 rings (SSSR count). The second kappa shape index (κ2) is 17.0. The number of unbranched alkanes of at least 4 members (excludes halogenated alkanes) is 3. The summed E-state index contributed by atoms with van der Waals surface area (Å²) >= 11 is 0. The molecule has 0 radical (unpaired) electrons. The normalized spacial score (nSPS) is 17.9. The Kier molecular flexibility index (Phi) is 11.8. The van der Waals surface area contributed by atoms with Gasteiger partial charge < -0.3 is 25.8 Å². The van der Waals surface area contributed by atoms with Crippen LogP contribution < -0.4 is 21.3 Å².